The SMILES string of the molecule is CCn1cc(-n2ncc3cc(OCC(NC(=O)C(C)(F)F)C(C)C)ccc32)ccc1=O. The molecule has 1 unspecified atom stereocenters. The average Bonchev–Trinajstić information content (AvgIpc) is 3.13. The van der Waals surface area contributed by atoms with E-state index in [2.05, 4.69) is 10.4 Å². The zero-order valence-corrected chi connectivity index (χ0v) is 17.9. The van der Waals surface area contributed by atoms with Gasteiger partial charge in [0, 0.05) is 31.1 Å². The summed E-state index contributed by atoms with van der Waals surface area (Å²) in [5.74, 6) is -4.32. The van der Waals surface area contributed by atoms with E-state index in [1.165, 1.54) is 6.07 Å². The molecule has 31 heavy (non-hydrogen) atoms. The predicted octanol–water partition coefficient (Wildman–Crippen LogP) is 3.38. The Balaban J connectivity index is 1.78. The number of hydrogen-bond acceptors (Lipinski definition) is 4. The Morgan fingerprint density at radius 1 is 1.26 bits per heavy atom. The number of amides is 1. The van der Waals surface area contributed by atoms with Crippen LogP contribution in [0.2, 0.25) is 0 Å². The first-order chi connectivity index (χ1) is 14.6. The second kappa shape index (κ2) is 8.87. The number of pyridine rings is 1. The van der Waals surface area contributed by atoms with Crippen LogP contribution in [0.1, 0.15) is 27.7 Å². The number of halogens is 2. The van der Waals surface area contributed by atoms with Gasteiger partial charge in [0.15, 0.2) is 0 Å². The Hall–Kier alpha value is -3.23. The van der Waals surface area contributed by atoms with E-state index in [-0.39, 0.29) is 18.1 Å². The lowest BCUT2D eigenvalue weighted by Gasteiger charge is -2.24. The number of carbonyl (C=O) groups is 1. The third kappa shape index (κ3) is 5.10. The van der Waals surface area contributed by atoms with Gasteiger partial charge in [-0.3, -0.25) is 9.59 Å². The van der Waals surface area contributed by atoms with Gasteiger partial charge in [-0.1, -0.05) is 13.8 Å². The first kappa shape index (κ1) is 22.5. The molecule has 166 valence electrons. The van der Waals surface area contributed by atoms with E-state index in [0.717, 1.165) is 16.6 Å². The lowest BCUT2D eigenvalue weighted by Crippen LogP contribution is -2.48. The molecule has 2 heterocycles. The lowest BCUT2D eigenvalue weighted by molar-refractivity contribution is -0.144. The second-order valence-electron chi connectivity index (χ2n) is 7.81. The number of benzene rings is 1. The maximum atomic E-state index is 13.2. The fourth-order valence-electron chi connectivity index (χ4n) is 3.08. The molecule has 0 radical (unpaired) electrons. The molecule has 1 aromatic carbocycles. The number of rotatable bonds is 8. The number of carbonyl (C=O) groups excluding carboxylic acids is 1. The van der Waals surface area contributed by atoms with Crippen LogP contribution in [-0.4, -0.2) is 38.8 Å². The number of fused-ring (bicyclic) bond motifs is 1. The fourth-order valence-corrected chi connectivity index (χ4v) is 3.08. The van der Waals surface area contributed by atoms with Gasteiger partial charge in [0.1, 0.15) is 12.4 Å². The number of nitrogens with zero attached hydrogens (tertiary/aromatic N) is 3. The van der Waals surface area contributed by atoms with Gasteiger partial charge in [0.25, 0.3) is 11.5 Å². The van der Waals surface area contributed by atoms with Crippen LogP contribution in [-0.2, 0) is 11.3 Å². The van der Waals surface area contributed by atoms with Gasteiger partial charge in [-0.2, -0.15) is 13.9 Å². The summed E-state index contributed by atoms with van der Waals surface area (Å²) in [4.78, 5) is 23.4. The molecule has 3 rings (SSSR count). The first-order valence-electron chi connectivity index (χ1n) is 10.1. The van der Waals surface area contributed by atoms with E-state index < -0.39 is 17.9 Å². The molecule has 0 fully saturated rings. The van der Waals surface area contributed by atoms with Crippen LogP contribution in [0.3, 0.4) is 0 Å². The highest BCUT2D eigenvalue weighted by Gasteiger charge is 2.34. The standard InChI is InChI=1S/C22H26F2N4O3/c1-5-27-12-16(6-9-20(27)29)28-19-8-7-17(10-15(19)11-25-28)31-13-18(14(2)3)26-21(30)22(4,23)24/h6-12,14,18H,5,13H2,1-4H3,(H,26,30). The van der Waals surface area contributed by atoms with E-state index in [0.29, 0.717) is 19.2 Å². The number of nitrogens with one attached hydrogen (secondary N) is 1. The minimum Gasteiger partial charge on any atom is -0.491 e. The largest absolute Gasteiger partial charge is 0.491 e. The highest BCUT2D eigenvalue weighted by Crippen LogP contribution is 2.23. The summed E-state index contributed by atoms with van der Waals surface area (Å²) < 4.78 is 35.5. The van der Waals surface area contributed by atoms with Gasteiger partial charge < -0.3 is 14.6 Å². The summed E-state index contributed by atoms with van der Waals surface area (Å²) in [6.45, 7) is 6.72. The molecule has 0 saturated carbocycles. The zero-order chi connectivity index (χ0) is 22.8. The molecule has 3 aromatic rings. The third-order valence-corrected chi connectivity index (χ3v) is 5.04. The van der Waals surface area contributed by atoms with E-state index in [1.807, 2.05) is 26.8 Å². The van der Waals surface area contributed by atoms with E-state index in [9.17, 15) is 18.4 Å². The van der Waals surface area contributed by atoms with Crippen LogP contribution >= 0.6 is 0 Å². The topological polar surface area (TPSA) is 78.2 Å². The van der Waals surface area contributed by atoms with Crippen molar-refractivity contribution in [2.45, 2.75) is 46.2 Å². The number of aromatic nitrogens is 3. The molecule has 0 aliphatic rings. The molecule has 1 amide bonds. The van der Waals surface area contributed by atoms with E-state index >= 15 is 0 Å². The van der Waals surface area contributed by atoms with Crippen molar-refractivity contribution >= 4 is 16.8 Å². The molecule has 9 heteroatoms. The van der Waals surface area contributed by atoms with Crippen molar-refractivity contribution < 1.29 is 18.3 Å². The molecule has 0 aliphatic heterocycles. The number of aryl methyl sites for hydroxylation is 1. The van der Waals surface area contributed by atoms with Crippen molar-refractivity contribution in [1.82, 2.24) is 19.7 Å². The van der Waals surface area contributed by atoms with E-state index in [4.69, 9.17) is 4.74 Å². The third-order valence-electron chi connectivity index (χ3n) is 5.04. The van der Waals surface area contributed by atoms with Crippen molar-refractivity contribution in [3.8, 4) is 11.4 Å². The van der Waals surface area contributed by atoms with Crippen LogP contribution in [0.4, 0.5) is 8.78 Å². The molecule has 0 aliphatic carbocycles. The molecule has 0 saturated heterocycles. The van der Waals surface area contributed by atoms with Crippen LogP contribution in [0.15, 0.2) is 47.5 Å². The quantitative estimate of drug-likeness (QED) is 0.592. The minimum absolute atomic E-state index is 0.0561. The van der Waals surface area contributed by atoms with Crippen LogP contribution in [0.25, 0.3) is 16.6 Å². The van der Waals surface area contributed by atoms with Crippen molar-refractivity contribution in [1.29, 1.82) is 0 Å². The Morgan fingerprint density at radius 2 is 2.00 bits per heavy atom. The summed E-state index contributed by atoms with van der Waals surface area (Å²) in [6, 6.07) is 8.04. The second-order valence-corrected chi connectivity index (χ2v) is 7.81. The first-order valence-corrected chi connectivity index (χ1v) is 10.1. The van der Waals surface area contributed by atoms with Gasteiger partial charge in [0.2, 0.25) is 0 Å². The van der Waals surface area contributed by atoms with Gasteiger partial charge in [0.05, 0.1) is 23.4 Å². The number of alkyl halides is 2. The van der Waals surface area contributed by atoms with Gasteiger partial charge in [-0.25, -0.2) is 4.68 Å². The molecule has 2 aromatic heterocycles. The fraction of sp³-hybridized carbons (Fsp3) is 0.409. The van der Waals surface area contributed by atoms with Crippen molar-refractivity contribution in [3.05, 3.63) is 53.1 Å². The van der Waals surface area contributed by atoms with Crippen LogP contribution < -0.4 is 15.6 Å². The summed E-state index contributed by atoms with van der Waals surface area (Å²) in [5, 5.41) is 7.57. The molecule has 1 N–H and O–H groups in total. The minimum atomic E-state index is -3.44. The van der Waals surface area contributed by atoms with Crippen molar-refractivity contribution in [3.63, 3.8) is 0 Å². The maximum absolute atomic E-state index is 13.2. The maximum Gasteiger partial charge on any atom is 0.321 e. The summed E-state index contributed by atoms with van der Waals surface area (Å²) in [7, 11) is 0. The normalized spacial score (nSPS) is 12.9. The Labute approximate surface area is 178 Å². The smallest absolute Gasteiger partial charge is 0.321 e. The van der Waals surface area contributed by atoms with E-state index in [1.54, 1.807) is 39.8 Å². The highest BCUT2D eigenvalue weighted by atomic mass is 19.3. The molecule has 0 bridgehead atoms. The number of hydrogen-bond donors (Lipinski definition) is 1. The summed E-state index contributed by atoms with van der Waals surface area (Å²) in [5.41, 5.74) is 1.51. The predicted molar refractivity (Wildman–Crippen MR) is 114 cm³/mol. The molecule has 1 atom stereocenters. The zero-order valence-electron chi connectivity index (χ0n) is 17.9. The Morgan fingerprint density at radius 3 is 2.65 bits per heavy atom. The Bertz CT molecular complexity index is 1130. The molecule has 0 spiro atoms. The van der Waals surface area contributed by atoms with Crippen molar-refractivity contribution in [2.24, 2.45) is 5.92 Å². The van der Waals surface area contributed by atoms with Crippen LogP contribution in [0.5, 0.6) is 5.75 Å². The summed E-state index contributed by atoms with van der Waals surface area (Å²) >= 11 is 0. The summed E-state index contributed by atoms with van der Waals surface area (Å²) in [6.07, 6.45) is 3.43. The molecular weight excluding hydrogens is 406 g/mol. The average molecular weight is 432 g/mol. The number of ether oxygens (including phenoxy) is 1. The monoisotopic (exact) mass is 432 g/mol. The Kier molecular flexibility index (Phi) is 6.42. The van der Waals surface area contributed by atoms with Gasteiger partial charge in [-0.05, 0) is 37.1 Å². The van der Waals surface area contributed by atoms with Crippen LogP contribution in [0, 0.1) is 5.92 Å². The molecular formula is C22H26F2N4O3. The van der Waals surface area contributed by atoms with Gasteiger partial charge in [-0.15, -0.1) is 0 Å². The molecule has 7 nitrogen and oxygen atoms in total. The van der Waals surface area contributed by atoms with Gasteiger partial charge >= 0.3 is 5.92 Å². The highest BCUT2D eigenvalue weighted by molar-refractivity contribution is 5.83. The lowest BCUT2D eigenvalue weighted by atomic mass is 10.1. The van der Waals surface area contributed by atoms with Crippen molar-refractivity contribution in [2.75, 3.05) is 6.61 Å².